The molecule has 1 amide bonds. The number of nitrogens with zero attached hydrogens (tertiary/aromatic N) is 1. The Balaban J connectivity index is 2.06. The second-order valence-electron chi connectivity index (χ2n) is 4.99. The molecule has 4 nitrogen and oxygen atoms in total. The van der Waals surface area contributed by atoms with Crippen molar-refractivity contribution in [2.24, 2.45) is 0 Å². The van der Waals surface area contributed by atoms with Gasteiger partial charge in [0.2, 0.25) is 5.91 Å². The Kier molecular flexibility index (Phi) is 4.18. The van der Waals surface area contributed by atoms with E-state index in [2.05, 4.69) is 5.32 Å². The zero-order valence-electron chi connectivity index (χ0n) is 10.5. The molecule has 2 aliphatic rings. The van der Waals surface area contributed by atoms with E-state index in [0.29, 0.717) is 12.6 Å². The SMILES string of the molecule is CC(C(=O)N(CCO)C1CCCC1)=C1CNC1. The summed E-state index contributed by atoms with van der Waals surface area (Å²) in [6.07, 6.45) is 4.59. The molecule has 0 aromatic carbocycles. The van der Waals surface area contributed by atoms with Crippen LogP contribution < -0.4 is 5.32 Å². The van der Waals surface area contributed by atoms with E-state index in [1.807, 2.05) is 11.8 Å². The van der Waals surface area contributed by atoms with Crippen LogP contribution in [0.2, 0.25) is 0 Å². The number of aliphatic hydroxyl groups is 1. The summed E-state index contributed by atoms with van der Waals surface area (Å²) >= 11 is 0. The first kappa shape index (κ1) is 12.6. The fourth-order valence-corrected chi connectivity index (χ4v) is 2.66. The first-order valence-corrected chi connectivity index (χ1v) is 6.55. The van der Waals surface area contributed by atoms with Crippen LogP contribution >= 0.6 is 0 Å². The first-order chi connectivity index (χ1) is 8.24. The van der Waals surface area contributed by atoms with Crippen LogP contribution in [0.4, 0.5) is 0 Å². The zero-order valence-corrected chi connectivity index (χ0v) is 10.5. The van der Waals surface area contributed by atoms with Crippen LogP contribution in [0.5, 0.6) is 0 Å². The van der Waals surface area contributed by atoms with E-state index in [-0.39, 0.29) is 12.5 Å². The molecule has 0 bridgehead atoms. The molecule has 0 aromatic heterocycles. The summed E-state index contributed by atoms with van der Waals surface area (Å²) in [6, 6.07) is 0.346. The third-order valence-electron chi connectivity index (χ3n) is 3.90. The number of carbonyl (C=O) groups excluding carboxylic acids is 1. The van der Waals surface area contributed by atoms with E-state index in [1.165, 1.54) is 18.4 Å². The third-order valence-corrected chi connectivity index (χ3v) is 3.90. The van der Waals surface area contributed by atoms with Crippen LogP contribution in [0.15, 0.2) is 11.1 Å². The lowest BCUT2D eigenvalue weighted by Crippen LogP contribution is -2.43. The molecule has 1 saturated heterocycles. The molecule has 17 heavy (non-hydrogen) atoms. The number of carbonyl (C=O) groups is 1. The standard InChI is InChI=1S/C13H22N2O2/c1-10(11-8-14-9-11)13(17)15(6-7-16)12-4-2-3-5-12/h12,14,16H,2-9H2,1H3. The number of rotatable bonds is 4. The molecule has 1 aliphatic heterocycles. The lowest BCUT2D eigenvalue weighted by molar-refractivity contribution is -0.129. The van der Waals surface area contributed by atoms with Crippen LogP contribution in [0.25, 0.3) is 0 Å². The summed E-state index contributed by atoms with van der Waals surface area (Å²) in [7, 11) is 0. The highest BCUT2D eigenvalue weighted by Crippen LogP contribution is 2.25. The van der Waals surface area contributed by atoms with Crippen molar-refractivity contribution >= 4 is 5.91 Å². The highest BCUT2D eigenvalue weighted by Gasteiger charge is 2.28. The van der Waals surface area contributed by atoms with Crippen LogP contribution in [0, 0.1) is 0 Å². The molecule has 0 spiro atoms. The molecule has 2 N–H and O–H groups in total. The van der Waals surface area contributed by atoms with Gasteiger partial charge in [-0.05, 0) is 25.3 Å². The van der Waals surface area contributed by atoms with Crippen molar-refractivity contribution in [3.63, 3.8) is 0 Å². The van der Waals surface area contributed by atoms with Gasteiger partial charge in [-0.25, -0.2) is 0 Å². The normalized spacial score (nSPS) is 20.2. The molecule has 1 aliphatic carbocycles. The van der Waals surface area contributed by atoms with Gasteiger partial charge in [0.25, 0.3) is 0 Å². The molecule has 0 atom stereocenters. The van der Waals surface area contributed by atoms with Crippen LogP contribution in [0.3, 0.4) is 0 Å². The number of amides is 1. The van der Waals surface area contributed by atoms with Crippen molar-refractivity contribution in [2.75, 3.05) is 26.2 Å². The number of aliphatic hydroxyl groups excluding tert-OH is 1. The minimum absolute atomic E-state index is 0.0586. The van der Waals surface area contributed by atoms with E-state index in [4.69, 9.17) is 5.11 Å². The molecule has 2 rings (SSSR count). The predicted molar refractivity (Wildman–Crippen MR) is 66.6 cm³/mol. The van der Waals surface area contributed by atoms with Gasteiger partial charge >= 0.3 is 0 Å². The highest BCUT2D eigenvalue weighted by molar-refractivity contribution is 5.94. The summed E-state index contributed by atoms with van der Waals surface area (Å²) in [5.74, 6) is 0.127. The predicted octanol–water partition coefficient (Wildman–Crippen LogP) is 0.670. The molecule has 0 unspecified atom stereocenters. The Labute approximate surface area is 103 Å². The number of hydrogen-bond donors (Lipinski definition) is 2. The van der Waals surface area contributed by atoms with Crippen molar-refractivity contribution in [1.82, 2.24) is 10.2 Å². The van der Waals surface area contributed by atoms with E-state index in [0.717, 1.165) is 31.5 Å². The molecular weight excluding hydrogens is 216 g/mol. The third kappa shape index (κ3) is 2.69. The molecule has 0 radical (unpaired) electrons. The average Bonchev–Trinajstić information content (AvgIpc) is 2.75. The maximum absolute atomic E-state index is 12.4. The Morgan fingerprint density at radius 2 is 2.06 bits per heavy atom. The van der Waals surface area contributed by atoms with Gasteiger partial charge in [0.15, 0.2) is 0 Å². The van der Waals surface area contributed by atoms with Crippen LogP contribution in [0.1, 0.15) is 32.6 Å². The van der Waals surface area contributed by atoms with Crippen molar-refractivity contribution in [1.29, 1.82) is 0 Å². The van der Waals surface area contributed by atoms with Gasteiger partial charge in [-0.3, -0.25) is 4.79 Å². The topological polar surface area (TPSA) is 52.6 Å². The fourth-order valence-electron chi connectivity index (χ4n) is 2.66. The van der Waals surface area contributed by atoms with Crippen molar-refractivity contribution in [3.8, 4) is 0 Å². The lowest BCUT2D eigenvalue weighted by atomic mass is 10.0. The molecule has 0 aromatic rings. The monoisotopic (exact) mass is 238 g/mol. The molecule has 4 heteroatoms. The summed E-state index contributed by atoms with van der Waals surface area (Å²) in [5, 5.41) is 12.3. The average molecular weight is 238 g/mol. The molecule has 96 valence electrons. The minimum atomic E-state index is 0.0586. The smallest absolute Gasteiger partial charge is 0.249 e. The highest BCUT2D eigenvalue weighted by atomic mass is 16.3. The molecule has 1 heterocycles. The Hall–Kier alpha value is -0.870. The van der Waals surface area contributed by atoms with E-state index in [1.54, 1.807) is 0 Å². The van der Waals surface area contributed by atoms with Gasteiger partial charge in [0.1, 0.15) is 0 Å². The number of nitrogens with one attached hydrogen (secondary N) is 1. The van der Waals surface area contributed by atoms with Gasteiger partial charge in [-0.15, -0.1) is 0 Å². The van der Waals surface area contributed by atoms with Gasteiger partial charge in [-0.1, -0.05) is 12.8 Å². The summed E-state index contributed by atoms with van der Waals surface area (Å²) in [4.78, 5) is 14.3. The largest absolute Gasteiger partial charge is 0.395 e. The second kappa shape index (κ2) is 5.65. The quantitative estimate of drug-likeness (QED) is 0.708. The zero-order chi connectivity index (χ0) is 12.3. The summed E-state index contributed by atoms with van der Waals surface area (Å²) in [5.41, 5.74) is 2.10. The van der Waals surface area contributed by atoms with E-state index < -0.39 is 0 Å². The lowest BCUT2D eigenvalue weighted by Gasteiger charge is -2.31. The maximum Gasteiger partial charge on any atom is 0.249 e. The van der Waals surface area contributed by atoms with Crippen LogP contribution in [-0.2, 0) is 4.79 Å². The molecule has 1 saturated carbocycles. The molecular formula is C13H22N2O2. The minimum Gasteiger partial charge on any atom is -0.395 e. The summed E-state index contributed by atoms with van der Waals surface area (Å²) in [6.45, 7) is 4.13. The summed E-state index contributed by atoms with van der Waals surface area (Å²) < 4.78 is 0. The van der Waals surface area contributed by atoms with Crippen molar-refractivity contribution in [2.45, 2.75) is 38.6 Å². The number of hydrogen-bond acceptors (Lipinski definition) is 3. The first-order valence-electron chi connectivity index (χ1n) is 6.55. The van der Waals surface area contributed by atoms with Crippen molar-refractivity contribution in [3.05, 3.63) is 11.1 Å². The van der Waals surface area contributed by atoms with Gasteiger partial charge in [-0.2, -0.15) is 0 Å². The van der Waals surface area contributed by atoms with Crippen molar-refractivity contribution < 1.29 is 9.90 Å². The second-order valence-corrected chi connectivity index (χ2v) is 4.99. The Morgan fingerprint density at radius 3 is 2.53 bits per heavy atom. The van der Waals surface area contributed by atoms with Gasteiger partial charge in [0, 0.05) is 31.2 Å². The van der Waals surface area contributed by atoms with Crippen LogP contribution in [-0.4, -0.2) is 48.2 Å². The Bertz CT molecular complexity index is 313. The van der Waals surface area contributed by atoms with E-state index >= 15 is 0 Å². The van der Waals surface area contributed by atoms with Gasteiger partial charge < -0.3 is 15.3 Å². The van der Waals surface area contributed by atoms with Gasteiger partial charge in [0.05, 0.1) is 6.61 Å². The Morgan fingerprint density at radius 1 is 1.41 bits per heavy atom. The van der Waals surface area contributed by atoms with E-state index in [9.17, 15) is 4.79 Å². The maximum atomic E-state index is 12.4. The fraction of sp³-hybridized carbons (Fsp3) is 0.769. The molecule has 2 fully saturated rings.